The number of aromatic amines is 1. The topological polar surface area (TPSA) is 61.9 Å². The van der Waals surface area contributed by atoms with Gasteiger partial charge in [0, 0.05) is 30.1 Å². The predicted molar refractivity (Wildman–Crippen MR) is 107 cm³/mol. The number of carbonyl (C=O) groups excluding carboxylic acids is 1. The van der Waals surface area contributed by atoms with Crippen molar-refractivity contribution in [1.82, 2.24) is 13.7 Å². The Morgan fingerprint density at radius 2 is 1.96 bits per heavy atom. The van der Waals surface area contributed by atoms with Crippen LogP contribution in [0.1, 0.15) is 23.7 Å². The molecule has 2 aromatic carbocycles. The number of carbonyl (C=O) groups is 1. The summed E-state index contributed by atoms with van der Waals surface area (Å²) in [5.74, 6) is 0.0131. The van der Waals surface area contributed by atoms with Gasteiger partial charge >= 0.3 is 0 Å². The highest BCUT2D eigenvalue weighted by Crippen LogP contribution is 2.28. The average Bonchev–Trinajstić information content (AvgIpc) is 3.21. The summed E-state index contributed by atoms with van der Waals surface area (Å²) in [5, 5.41) is 1.24. The van der Waals surface area contributed by atoms with E-state index in [-0.39, 0.29) is 5.91 Å². The number of aryl methyl sites for hydroxylation is 2. The predicted octanol–water partition coefficient (Wildman–Crippen LogP) is 4.39. The highest BCUT2D eigenvalue weighted by atomic mass is 32.1. The van der Waals surface area contributed by atoms with Crippen molar-refractivity contribution in [2.24, 2.45) is 0 Å². The molecule has 0 bridgehead atoms. The van der Waals surface area contributed by atoms with Gasteiger partial charge in [0.25, 0.3) is 0 Å². The molecule has 6 heteroatoms. The summed E-state index contributed by atoms with van der Waals surface area (Å²) in [6.07, 6.45) is 0.781. The van der Waals surface area contributed by atoms with Crippen LogP contribution < -0.4 is 4.90 Å². The van der Waals surface area contributed by atoms with Crippen LogP contribution in [-0.2, 0) is 11.2 Å². The molecule has 2 aromatic heterocycles. The van der Waals surface area contributed by atoms with Gasteiger partial charge in [0.15, 0.2) is 0 Å². The molecular weight excluding hydrogens is 344 g/mol. The number of nitrogens with zero attached hydrogens (tertiary/aromatic N) is 3. The van der Waals surface area contributed by atoms with E-state index in [1.54, 1.807) is 11.8 Å². The summed E-state index contributed by atoms with van der Waals surface area (Å²) in [4.78, 5) is 17.6. The molecule has 4 rings (SSSR count). The van der Waals surface area contributed by atoms with E-state index in [0.29, 0.717) is 6.54 Å². The molecule has 0 saturated heterocycles. The second-order valence-electron chi connectivity index (χ2n) is 6.56. The summed E-state index contributed by atoms with van der Waals surface area (Å²) in [6.45, 7) is 6.41. The Morgan fingerprint density at radius 3 is 2.77 bits per heavy atom. The lowest BCUT2D eigenvalue weighted by Crippen LogP contribution is -2.31. The monoisotopic (exact) mass is 364 g/mol. The quantitative estimate of drug-likeness (QED) is 0.584. The molecular formula is C20H20N4OS. The lowest BCUT2D eigenvalue weighted by Gasteiger charge is -2.21. The maximum Gasteiger partial charge on any atom is 0.223 e. The fourth-order valence-electron chi connectivity index (χ4n) is 3.55. The number of para-hydroxylation sites is 1. The highest BCUT2D eigenvalue weighted by molar-refractivity contribution is 7.00. The number of aromatic nitrogens is 3. The number of H-pyrrole nitrogens is 1. The van der Waals surface area contributed by atoms with E-state index in [1.807, 2.05) is 18.2 Å². The van der Waals surface area contributed by atoms with E-state index < -0.39 is 0 Å². The number of rotatable bonds is 4. The van der Waals surface area contributed by atoms with Crippen molar-refractivity contribution < 1.29 is 4.79 Å². The molecule has 26 heavy (non-hydrogen) atoms. The standard InChI is InChI=1S/C20H20N4OS/c1-12-6-4-7-16-15(13(2)21-19(12)16)10-11-24(14(3)25)18-9-5-8-17-20(18)23-26-22-17/h4-9,21H,10-11H2,1-3H3. The number of hydrogen-bond donors (Lipinski definition) is 1. The summed E-state index contributed by atoms with van der Waals surface area (Å²) < 4.78 is 8.66. The van der Waals surface area contributed by atoms with Crippen molar-refractivity contribution in [3.8, 4) is 0 Å². The SMILES string of the molecule is CC(=O)N(CCc1c(C)[nH]c2c(C)cccc12)c1cccc2nsnc12. The van der Waals surface area contributed by atoms with Crippen LogP contribution in [0.4, 0.5) is 5.69 Å². The number of fused-ring (bicyclic) bond motifs is 2. The molecule has 0 saturated carbocycles. The third kappa shape index (κ3) is 2.76. The smallest absolute Gasteiger partial charge is 0.223 e. The van der Waals surface area contributed by atoms with Crippen LogP contribution in [0.15, 0.2) is 36.4 Å². The van der Waals surface area contributed by atoms with Crippen LogP contribution in [0.2, 0.25) is 0 Å². The van der Waals surface area contributed by atoms with E-state index in [2.05, 4.69) is 45.8 Å². The molecule has 132 valence electrons. The molecule has 0 radical (unpaired) electrons. The van der Waals surface area contributed by atoms with Gasteiger partial charge in [-0.15, -0.1) is 0 Å². The zero-order valence-corrected chi connectivity index (χ0v) is 15.9. The van der Waals surface area contributed by atoms with Crippen molar-refractivity contribution in [2.45, 2.75) is 27.2 Å². The Kier molecular flexibility index (Phi) is 4.20. The van der Waals surface area contributed by atoms with Gasteiger partial charge in [-0.1, -0.05) is 24.3 Å². The van der Waals surface area contributed by atoms with Crippen LogP contribution in [0.5, 0.6) is 0 Å². The maximum atomic E-state index is 12.3. The third-order valence-corrected chi connectivity index (χ3v) is 5.43. The van der Waals surface area contributed by atoms with Crippen LogP contribution in [0.25, 0.3) is 21.9 Å². The fourth-order valence-corrected chi connectivity index (χ4v) is 4.10. The van der Waals surface area contributed by atoms with Gasteiger partial charge in [0.1, 0.15) is 11.0 Å². The molecule has 0 aliphatic carbocycles. The molecule has 0 aliphatic rings. The van der Waals surface area contributed by atoms with Crippen LogP contribution in [0.3, 0.4) is 0 Å². The summed E-state index contributed by atoms with van der Waals surface area (Å²) in [7, 11) is 0. The summed E-state index contributed by atoms with van der Waals surface area (Å²) in [5.41, 5.74) is 7.29. The molecule has 5 nitrogen and oxygen atoms in total. The van der Waals surface area contributed by atoms with Crippen molar-refractivity contribution in [3.63, 3.8) is 0 Å². The first-order valence-corrected chi connectivity index (χ1v) is 9.35. The average molecular weight is 364 g/mol. The molecule has 1 amide bonds. The number of anilines is 1. The highest BCUT2D eigenvalue weighted by Gasteiger charge is 2.18. The Labute approximate surface area is 156 Å². The van der Waals surface area contributed by atoms with Gasteiger partial charge in [-0.25, -0.2) is 0 Å². The first-order valence-electron chi connectivity index (χ1n) is 8.62. The normalized spacial score (nSPS) is 11.3. The van der Waals surface area contributed by atoms with Crippen molar-refractivity contribution >= 4 is 45.3 Å². The van der Waals surface area contributed by atoms with E-state index in [1.165, 1.54) is 33.8 Å². The molecule has 0 atom stereocenters. The van der Waals surface area contributed by atoms with E-state index in [4.69, 9.17) is 0 Å². The van der Waals surface area contributed by atoms with Gasteiger partial charge in [-0.05, 0) is 43.5 Å². The minimum atomic E-state index is 0.0131. The number of amides is 1. The molecule has 2 heterocycles. The summed E-state index contributed by atoms with van der Waals surface area (Å²) in [6, 6.07) is 12.1. The van der Waals surface area contributed by atoms with E-state index in [9.17, 15) is 4.79 Å². The number of nitrogens with one attached hydrogen (secondary N) is 1. The number of hydrogen-bond acceptors (Lipinski definition) is 4. The second-order valence-corrected chi connectivity index (χ2v) is 7.08. The van der Waals surface area contributed by atoms with Gasteiger partial charge in [0.05, 0.1) is 17.4 Å². The minimum absolute atomic E-state index is 0.0131. The van der Waals surface area contributed by atoms with Gasteiger partial charge in [-0.2, -0.15) is 8.75 Å². The largest absolute Gasteiger partial charge is 0.358 e. The van der Waals surface area contributed by atoms with Crippen LogP contribution in [0, 0.1) is 13.8 Å². The molecule has 0 fully saturated rings. The van der Waals surface area contributed by atoms with Gasteiger partial charge < -0.3 is 9.88 Å². The van der Waals surface area contributed by atoms with Crippen molar-refractivity contribution in [2.75, 3.05) is 11.4 Å². The first kappa shape index (κ1) is 16.7. The van der Waals surface area contributed by atoms with E-state index in [0.717, 1.165) is 28.8 Å². The van der Waals surface area contributed by atoms with Crippen molar-refractivity contribution in [1.29, 1.82) is 0 Å². The molecule has 0 spiro atoms. The minimum Gasteiger partial charge on any atom is -0.358 e. The second kappa shape index (κ2) is 6.53. The lowest BCUT2D eigenvalue weighted by atomic mass is 10.1. The van der Waals surface area contributed by atoms with Gasteiger partial charge in [-0.3, -0.25) is 4.79 Å². The summed E-state index contributed by atoms with van der Waals surface area (Å²) >= 11 is 1.17. The Balaban J connectivity index is 1.69. The number of benzene rings is 2. The van der Waals surface area contributed by atoms with Gasteiger partial charge in [0.2, 0.25) is 5.91 Å². The molecule has 0 unspecified atom stereocenters. The zero-order valence-electron chi connectivity index (χ0n) is 15.0. The van der Waals surface area contributed by atoms with Crippen LogP contribution >= 0.6 is 11.7 Å². The molecule has 1 N–H and O–H groups in total. The van der Waals surface area contributed by atoms with E-state index >= 15 is 0 Å². The Hall–Kier alpha value is -2.73. The molecule has 4 aromatic rings. The maximum absolute atomic E-state index is 12.3. The zero-order chi connectivity index (χ0) is 18.3. The Bertz CT molecular complexity index is 1110. The lowest BCUT2D eigenvalue weighted by molar-refractivity contribution is -0.116. The third-order valence-electron chi connectivity index (χ3n) is 4.88. The Morgan fingerprint density at radius 1 is 1.15 bits per heavy atom. The molecule has 0 aliphatic heterocycles. The fraction of sp³-hybridized carbons (Fsp3) is 0.250. The first-order chi connectivity index (χ1) is 12.6. The van der Waals surface area contributed by atoms with Crippen molar-refractivity contribution in [3.05, 3.63) is 53.2 Å². The van der Waals surface area contributed by atoms with Crippen LogP contribution in [-0.4, -0.2) is 26.2 Å².